The minimum atomic E-state index is -0.565. The number of carbonyl (C=O) groups excluding carboxylic acids is 2. The van der Waals surface area contributed by atoms with Crippen LogP contribution in [0, 0.1) is 11.8 Å². The van der Waals surface area contributed by atoms with Crippen LogP contribution < -0.4 is 22.1 Å². The standard InChI is InChI=1S/C12H24N4O2/c13-8-10-3-1-9(2-4-10)7-11(17)15-5-6-16-12(14)18/h9-10H,1-8,13H2,(H,15,17)(H3,14,16,18). The predicted octanol–water partition coefficient (Wildman–Crippen LogP) is -0.0739. The Bertz CT molecular complexity index is 275. The van der Waals surface area contributed by atoms with Crippen molar-refractivity contribution in [3.63, 3.8) is 0 Å². The second-order valence-electron chi connectivity index (χ2n) is 4.97. The van der Waals surface area contributed by atoms with E-state index in [4.69, 9.17) is 11.5 Å². The molecule has 0 spiro atoms. The zero-order valence-corrected chi connectivity index (χ0v) is 10.8. The van der Waals surface area contributed by atoms with E-state index in [-0.39, 0.29) is 5.91 Å². The first-order valence-electron chi connectivity index (χ1n) is 6.62. The Morgan fingerprint density at radius 3 is 2.11 bits per heavy atom. The normalized spacial score (nSPS) is 23.4. The van der Waals surface area contributed by atoms with Gasteiger partial charge in [0.05, 0.1) is 0 Å². The molecule has 0 atom stereocenters. The number of amides is 3. The number of nitrogens with two attached hydrogens (primary N) is 2. The number of urea groups is 1. The molecule has 0 saturated heterocycles. The smallest absolute Gasteiger partial charge is 0.312 e. The molecule has 0 heterocycles. The monoisotopic (exact) mass is 256 g/mol. The molecule has 18 heavy (non-hydrogen) atoms. The summed E-state index contributed by atoms with van der Waals surface area (Å²) in [5, 5.41) is 5.20. The molecule has 1 aliphatic rings. The summed E-state index contributed by atoms with van der Waals surface area (Å²) in [5.41, 5.74) is 10.5. The summed E-state index contributed by atoms with van der Waals surface area (Å²) in [6.07, 6.45) is 5.03. The molecule has 0 bridgehead atoms. The summed E-state index contributed by atoms with van der Waals surface area (Å²) in [7, 11) is 0. The molecule has 0 aromatic heterocycles. The van der Waals surface area contributed by atoms with Gasteiger partial charge in [0.2, 0.25) is 5.91 Å². The molecule has 104 valence electrons. The van der Waals surface area contributed by atoms with Crippen molar-refractivity contribution in [3.8, 4) is 0 Å². The van der Waals surface area contributed by atoms with Crippen molar-refractivity contribution >= 4 is 11.9 Å². The number of carbonyl (C=O) groups is 2. The van der Waals surface area contributed by atoms with Gasteiger partial charge in [-0.3, -0.25) is 4.79 Å². The molecule has 1 fully saturated rings. The van der Waals surface area contributed by atoms with Crippen LogP contribution in [0.25, 0.3) is 0 Å². The second kappa shape index (κ2) is 7.92. The van der Waals surface area contributed by atoms with E-state index in [1.807, 2.05) is 0 Å². The average molecular weight is 256 g/mol. The van der Waals surface area contributed by atoms with E-state index < -0.39 is 6.03 Å². The second-order valence-corrected chi connectivity index (χ2v) is 4.97. The summed E-state index contributed by atoms with van der Waals surface area (Å²) in [4.78, 5) is 22.0. The first kappa shape index (κ1) is 14.8. The van der Waals surface area contributed by atoms with Crippen molar-refractivity contribution in [1.82, 2.24) is 10.6 Å². The minimum Gasteiger partial charge on any atom is -0.354 e. The molecular formula is C12H24N4O2. The molecule has 6 nitrogen and oxygen atoms in total. The molecule has 1 aliphatic carbocycles. The highest BCUT2D eigenvalue weighted by Gasteiger charge is 2.21. The zero-order valence-electron chi connectivity index (χ0n) is 10.8. The van der Waals surface area contributed by atoms with E-state index in [1.54, 1.807) is 0 Å². The number of hydrogen-bond donors (Lipinski definition) is 4. The Kier molecular flexibility index (Phi) is 6.49. The SMILES string of the molecule is NCC1CCC(CC(=O)NCCNC(N)=O)CC1. The highest BCUT2D eigenvalue weighted by atomic mass is 16.2. The lowest BCUT2D eigenvalue weighted by molar-refractivity contribution is -0.122. The van der Waals surface area contributed by atoms with E-state index in [9.17, 15) is 9.59 Å². The molecule has 0 aliphatic heterocycles. The third kappa shape index (κ3) is 5.86. The third-order valence-electron chi connectivity index (χ3n) is 3.52. The Morgan fingerprint density at radius 2 is 1.56 bits per heavy atom. The summed E-state index contributed by atoms with van der Waals surface area (Å²) < 4.78 is 0. The van der Waals surface area contributed by atoms with Gasteiger partial charge < -0.3 is 22.1 Å². The van der Waals surface area contributed by atoms with Crippen molar-refractivity contribution in [3.05, 3.63) is 0 Å². The molecule has 0 unspecified atom stereocenters. The van der Waals surface area contributed by atoms with Gasteiger partial charge in [-0.2, -0.15) is 0 Å². The Morgan fingerprint density at radius 1 is 1.00 bits per heavy atom. The van der Waals surface area contributed by atoms with E-state index in [2.05, 4.69) is 10.6 Å². The lowest BCUT2D eigenvalue weighted by Gasteiger charge is -2.27. The Balaban J connectivity index is 2.08. The largest absolute Gasteiger partial charge is 0.354 e. The molecule has 6 N–H and O–H groups in total. The molecule has 0 radical (unpaired) electrons. The molecule has 1 saturated carbocycles. The number of rotatable bonds is 6. The quantitative estimate of drug-likeness (QED) is 0.499. The van der Waals surface area contributed by atoms with Crippen LogP contribution in [0.15, 0.2) is 0 Å². The van der Waals surface area contributed by atoms with Gasteiger partial charge in [0.1, 0.15) is 0 Å². The van der Waals surface area contributed by atoms with Gasteiger partial charge in [-0.05, 0) is 44.1 Å². The van der Waals surface area contributed by atoms with Gasteiger partial charge in [-0.1, -0.05) is 0 Å². The summed E-state index contributed by atoms with van der Waals surface area (Å²) in [6, 6.07) is -0.565. The fraction of sp³-hybridized carbons (Fsp3) is 0.833. The maximum atomic E-state index is 11.6. The van der Waals surface area contributed by atoms with Gasteiger partial charge >= 0.3 is 6.03 Å². The Hall–Kier alpha value is -1.30. The van der Waals surface area contributed by atoms with Gasteiger partial charge in [-0.15, -0.1) is 0 Å². The van der Waals surface area contributed by atoms with Crippen LogP contribution in [0.2, 0.25) is 0 Å². The number of primary amides is 1. The van der Waals surface area contributed by atoms with Crippen LogP contribution in [-0.4, -0.2) is 31.6 Å². The molecule has 1 rings (SSSR count). The zero-order chi connectivity index (χ0) is 13.4. The van der Waals surface area contributed by atoms with Crippen molar-refractivity contribution in [2.45, 2.75) is 32.1 Å². The van der Waals surface area contributed by atoms with Crippen LogP contribution >= 0.6 is 0 Å². The molecule has 3 amide bonds. The highest BCUT2D eigenvalue weighted by molar-refractivity contribution is 5.76. The van der Waals surface area contributed by atoms with Crippen molar-refractivity contribution in [2.75, 3.05) is 19.6 Å². The van der Waals surface area contributed by atoms with Crippen molar-refractivity contribution < 1.29 is 9.59 Å². The summed E-state index contributed by atoms with van der Waals surface area (Å²) >= 11 is 0. The molecule has 6 heteroatoms. The fourth-order valence-electron chi connectivity index (χ4n) is 2.39. The first-order chi connectivity index (χ1) is 8.61. The predicted molar refractivity (Wildman–Crippen MR) is 69.7 cm³/mol. The summed E-state index contributed by atoms with van der Waals surface area (Å²) in [6.45, 7) is 1.57. The number of hydrogen-bond acceptors (Lipinski definition) is 3. The van der Waals surface area contributed by atoms with E-state index in [1.165, 1.54) is 0 Å². The van der Waals surface area contributed by atoms with Crippen LogP contribution in [0.4, 0.5) is 4.79 Å². The average Bonchev–Trinajstić information content (AvgIpc) is 2.35. The molecule has 0 aromatic carbocycles. The minimum absolute atomic E-state index is 0.0532. The van der Waals surface area contributed by atoms with Crippen LogP contribution in [-0.2, 0) is 4.79 Å². The van der Waals surface area contributed by atoms with Crippen LogP contribution in [0.1, 0.15) is 32.1 Å². The third-order valence-corrected chi connectivity index (χ3v) is 3.52. The maximum absolute atomic E-state index is 11.6. The topological polar surface area (TPSA) is 110 Å². The van der Waals surface area contributed by atoms with Gasteiger partial charge in [0.15, 0.2) is 0 Å². The van der Waals surface area contributed by atoms with Gasteiger partial charge in [-0.25, -0.2) is 4.79 Å². The van der Waals surface area contributed by atoms with Crippen molar-refractivity contribution in [2.24, 2.45) is 23.3 Å². The fourth-order valence-corrected chi connectivity index (χ4v) is 2.39. The van der Waals surface area contributed by atoms with Crippen LogP contribution in [0.3, 0.4) is 0 Å². The van der Waals surface area contributed by atoms with Gasteiger partial charge in [0.25, 0.3) is 0 Å². The Labute approximate surface area is 108 Å². The van der Waals surface area contributed by atoms with E-state index >= 15 is 0 Å². The first-order valence-corrected chi connectivity index (χ1v) is 6.62. The van der Waals surface area contributed by atoms with Gasteiger partial charge in [0, 0.05) is 19.5 Å². The lowest BCUT2D eigenvalue weighted by atomic mass is 9.80. The highest BCUT2D eigenvalue weighted by Crippen LogP contribution is 2.29. The maximum Gasteiger partial charge on any atom is 0.312 e. The molecular weight excluding hydrogens is 232 g/mol. The van der Waals surface area contributed by atoms with Crippen molar-refractivity contribution in [1.29, 1.82) is 0 Å². The van der Waals surface area contributed by atoms with E-state index in [0.717, 1.165) is 32.2 Å². The number of nitrogens with one attached hydrogen (secondary N) is 2. The van der Waals surface area contributed by atoms with Crippen LogP contribution in [0.5, 0.6) is 0 Å². The lowest BCUT2D eigenvalue weighted by Crippen LogP contribution is -2.37. The van der Waals surface area contributed by atoms with E-state index in [0.29, 0.717) is 31.3 Å². The molecule has 0 aromatic rings. The summed E-state index contributed by atoms with van der Waals surface area (Å²) in [5.74, 6) is 1.18.